The Morgan fingerprint density at radius 2 is 1.89 bits per heavy atom. The Morgan fingerprint density at radius 3 is 2.62 bits per heavy atom. The van der Waals surface area contributed by atoms with Crippen molar-refractivity contribution in [2.75, 3.05) is 31.6 Å². The predicted molar refractivity (Wildman–Crippen MR) is 142 cm³/mol. The zero-order chi connectivity index (χ0) is 26.0. The van der Waals surface area contributed by atoms with E-state index >= 15 is 0 Å². The molecule has 2 aliphatic heterocycles. The Hall–Kier alpha value is -3.48. The lowest BCUT2D eigenvalue weighted by molar-refractivity contribution is -0.115. The van der Waals surface area contributed by atoms with Gasteiger partial charge in [-0.15, -0.1) is 0 Å². The van der Waals surface area contributed by atoms with Crippen molar-refractivity contribution in [2.24, 2.45) is 5.92 Å². The van der Waals surface area contributed by atoms with Gasteiger partial charge in [0, 0.05) is 25.8 Å². The second kappa shape index (κ2) is 10.5. The number of imide groups is 1. The molecule has 0 bridgehead atoms. The summed E-state index contributed by atoms with van der Waals surface area (Å²) in [5.41, 5.74) is 0.543. The molecule has 0 spiro atoms. The molecule has 3 heterocycles. The minimum atomic E-state index is -3.64. The first-order valence-electron chi connectivity index (χ1n) is 11.7. The number of amides is 2. The molecular formula is C25H25N5O5S2. The van der Waals surface area contributed by atoms with Gasteiger partial charge in [-0.05, 0) is 77.7 Å². The van der Waals surface area contributed by atoms with Gasteiger partial charge in [0.05, 0.1) is 22.6 Å². The van der Waals surface area contributed by atoms with E-state index in [1.54, 1.807) is 43.6 Å². The Kier molecular flexibility index (Phi) is 7.13. The summed E-state index contributed by atoms with van der Waals surface area (Å²) in [7, 11) is -2.05. The third kappa shape index (κ3) is 5.76. The van der Waals surface area contributed by atoms with Crippen molar-refractivity contribution < 1.29 is 22.7 Å². The Bertz CT molecular complexity index is 1500. The number of piperidine rings is 1. The van der Waals surface area contributed by atoms with E-state index in [1.165, 1.54) is 0 Å². The minimum Gasteiger partial charge on any atom is -0.497 e. The van der Waals surface area contributed by atoms with Gasteiger partial charge in [-0.25, -0.2) is 23.1 Å². The van der Waals surface area contributed by atoms with Crippen LogP contribution in [0.1, 0.15) is 18.5 Å². The number of anilines is 1. The number of thioether (sulfide) groups is 1. The molecule has 0 aliphatic carbocycles. The summed E-state index contributed by atoms with van der Waals surface area (Å²) < 4.78 is 33.9. The zero-order valence-electron chi connectivity index (χ0n) is 20.0. The number of fused-ring (bicyclic) bond motifs is 1. The summed E-state index contributed by atoms with van der Waals surface area (Å²) >= 11 is 0.844. The molecule has 2 fully saturated rings. The molecule has 37 heavy (non-hydrogen) atoms. The molecule has 0 radical (unpaired) electrons. The van der Waals surface area contributed by atoms with E-state index in [4.69, 9.17) is 4.74 Å². The fraction of sp³-hybridized carbons (Fsp3) is 0.280. The van der Waals surface area contributed by atoms with Gasteiger partial charge in [0.1, 0.15) is 5.75 Å². The molecule has 12 heteroatoms. The first-order chi connectivity index (χ1) is 17.8. The number of nitrogens with zero attached hydrogens (tertiary/aromatic N) is 3. The van der Waals surface area contributed by atoms with E-state index in [1.807, 2.05) is 23.1 Å². The standard InChI is InChI=1S/C25H25N5O5S2/c1-35-20-4-2-18-13-21(5-3-17(18)12-20)37(33,34)27-15-16-7-10-30(11-8-16)24-26-9-6-19(28-24)14-22-23(31)29-25(32)36-22/h2-6,9,12-14,16,27H,7-8,10-11,15H2,1H3,(H,29,31,32)/b22-14-. The van der Waals surface area contributed by atoms with Gasteiger partial charge in [0.2, 0.25) is 16.0 Å². The summed E-state index contributed by atoms with van der Waals surface area (Å²) in [6.07, 6.45) is 4.75. The highest BCUT2D eigenvalue weighted by molar-refractivity contribution is 8.18. The van der Waals surface area contributed by atoms with Crippen LogP contribution < -0.4 is 19.7 Å². The van der Waals surface area contributed by atoms with Crippen molar-refractivity contribution in [3.8, 4) is 5.75 Å². The minimum absolute atomic E-state index is 0.186. The summed E-state index contributed by atoms with van der Waals surface area (Å²) in [6.45, 7) is 1.71. The van der Waals surface area contributed by atoms with Crippen LogP contribution in [0.5, 0.6) is 5.75 Å². The summed E-state index contributed by atoms with van der Waals surface area (Å²) in [5.74, 6) is 1.02. The molecule has 3 aromatic rings. The van der Waals surface area contributed by atoms with Crippen molar-refractivity contribution >= 4 is 55.7 Å². The molecule has 2 N–H and O–H groups in total. The molecule has 0 atom stereocenters. The first kappa shape index (κ1) is 25.2. The summed E-state index contributed by atoms with van der Waals surface area (Å²) in [4.78, 5) is 34.6. The van der Waals surface area contributed by atoms with Crippen molar-refractivity contribution in [3.05, 3.63) is 59.3 Å². The molecule has 2 aliphatic rings. The molecule has 5 rings (SSSR count). The number of hydrogen-bond donors (Lipinski definition) is 2. The maximum atomic E-state index is 12.9. The van der Waals surface area contributed by atoms with Crippen LogP contribution in [0.15, 0.2) is 58.5 Å². The van der Waals surface area contributed by atoms with Crippen LogP contribution in [0.25, 0.3) is 16.8 Å². The van der Waals surface area contributed by atoms with Crippen LogP contribution >= 0.6 is 11.8 Å². The normalized spacial score (nSPS) is 18.0. The second-order valence-corrected chi connectivity index (χ2v) is 11.6. The van der Waals surface area contributed by atoms with E-state index in [0.29, 0.717) is 36.2 Å². The average Bonchev–Trinajstić information content (AvgIpc) is 3.23. The average molecular weight is 540 g/mol. The molecule has 2 aromatic carbocycles. The summed E-state index contributed by atoms with van der Waals surface area (Å²) in [6, 6.07) is 12.3. The topological polar surface area (TPSA) is 131 Å². The van der Waals surface area contributed by atoms with Gasteiger partial charge >= 0.3 is 0 Å². The molecule has 0 saturated carbocycles. The zero-order valence-corrected chi connectivity index (χ0v) is 21.6. The van der Waals surface area contributed by atoms with Gasteiger partial charge < -0.3 is 9.64 Å². The Balaban J connectivity index is 1.18. The van der Waals surface area contributed by atoms with Crippen molar-refractivity contribution in [3.63, 3.8) is 0 Å². The number of carbonyl (C=O) groups is 2. The number of ether oxygens (including phenoxy) is 1. The van der Waals surface area contributed by atoms with Crippen LogP contribution in [0.4, 0.5) is 10.7 Å². The van der Waals surface area contributed by atoms with Crippen LogP contribution in [-0.4, -0.2) is 56.3 Å². The number of rotatable bonds is 7. The molecular weight excluding hydrogens is 514 g/mol. The van der Waals surface area contributed by atoms with Gasteiger partial charge in [-0.3, -0.25) is 14.9 Å². The fourth-order valence-electron chi connectivity index (χ4n) is 4.29. The van der Waals surface area contributed by atoms with Crippen molar-refractivity contribution in [1.82, 2.24) is 20.0 Å². The Morgan fingerprint density at radius 1 is 1.14 bits per heavy atom. The highest BCUT2D eigenvalue weighted by Gasteiger charge is 2.26. The van der Waals surface area contributed by atoms with Gasteiger partial charge in [0.15, 0.2) is 0 Å². The van der Waals surface area contributed by atoms with E-state index in [9.17, 15) is 18.0 Å². The van der Waals surface area contributed by atoms with Gasteiger partial charge in [0.25, 0.3) is 11.1 Å². The van der Waals surface area contributed by atoms with Crippen LogP contribution in [0.2, 0.25) is 0 Å². The monoisotopic (exact) mass is 539 g/mol. The number of aromatic nitrogens is 2. The van der Waals surface area contributed by atoms with E-state index in [0.717, 1.165) is 41.1 Å². The number of methoxy groups -OCH3 is 1. The van der Waals surface area contributed by atoms with E-state index in [2.05, 4.69) is 20.0 Å². The second-order valence-electron chi connectivity index (χ2n) is 8.79. The van der Waals surface area contributed by atoms with Gasteiger partial charge in [-0.1, -0.05) is 12.1 Å². The van der Waals surface area contributed by atoms with Gasteiger partial charge in [-0.2, -0.15) is 0 Å². The lowest BCUT2D eigenvalue weighted by Gasteiger charge is -2.32. The smallest absolute Gasteiger partial charge is 0.290 e. The van der Waals surface area contributed by atoms with Crippen LogP contribution in [0, 0.1) is 5.92 Å². The maximum Gasteiger partial charge on any atom is 0.290 e. The SMILES string of the molecule is COc1ccc2cc(S(=O)(=O)NCC3CCN(c4nccc(/C=C5\SC(=O)NC5=O)n4)CC3)ccc2c1. The number of nitrogens with one attached hydrogen (secondary N) is 2. The number of hydrogen-bond acceptors (Lipinski definition) is 9. The largest absolute Gasteiger partial charge is 0.497 e. The third-order valence-electron chi connectivity index (χ3n) is 6.37. The number of carbonyl (C=O) groups excluding carboxylic acids is 2. The maximum absolute atomic E-state index is 12.9. The first-order valence-corrected chi connectivity index (χ1v) is 14.0. The lowest BCUT2D eigenvalue weighted by Crippen LogP contribution is -2.39. The molecule has 10 nitrogen and oxygen atoms in total. The molecule has 2 amide bonds. The lowest BCUT2D eigenvalue weighted by atomic mass is 9.97. The molecule has 192 valence electrons. The Labute approximate surface area is 218 Å². The highest BCUT2D eigenvalue weighted by atomic mass is 32.2. The van der Waals surface area contributed by atoms with Crippen molar-refractivity contribution in [2.45, 2.75) is 17.7 Å². The highest BCUT2D eigenvalue weighted by Crippen LogP contribution is 2.27. The summed E-state index contributed by atoms with van der Waals surface area (Å²) in [5, 5.41) is 3.56. The van der Waals surface area contributed by atoms with E-state index in [-0.39, 0.29) is 10.8 Å². The predicted octanol–water partition coefficient (Wildman–Crippen LogP) is 3.16. The quantitative estimate of drug-likeness (QED) is 0.435. The van der Waals surface area contributed by atoms with Crippen LogP contribution in [-0.2, 0) is 14.8 Å². The fourth-order valence-corrected chi connectivity index (χ4v) is 6.11. The molecule has 1 aromatic heterocycles. The third-order valence-corrected chi connectivity index (χ3v) is 8.61. The van der Waals surface area contributed by atoms with E-state index < -0.39 is 21.2 Å². The van der Waals surface area contributed by atoms with Crippen molar-refractivity contribution in [1.29, 1.82) is 0 Å². The number of benzene rings is 2. The molecule has 0 unspecified atom stereocenters. The molecule has 2 saturated heterocycles. The number of sulfonamides is 1. The van der Waals surface area contributed by atoms with Crippen LogP contribution in [0.3, 0.4) is 0 Å².